The van der Waals surface area contributed by atoms with Crippen molar-refractivity contribution in [2.75, 3.05) is 13.2 Å². The molecule has 2 aromatic heterocycles. The zero-order valence-corrected chi connectivity index (χ0v) is 17.2. The molecule has 4 rings (SSSR count). The molecular weight excluding hydrogens is 366 g/mol. The summed E-state index contributed by atoms with van der Waals surface area (Å²) in [7, 11) is 2.09. The Morgan fingerprint density at radius 2 is 2.03 bits per heavy atom. The second-order valence-electron chi connectivity index (χ2n) is 7.29. The molecule has 0 saturated carbocycles. The quantitative estimate of drug-likeness (QED) is 0.535. The second-order valence-corrected chi connectivity index (χ2v) is 7.29. The van der Waals surface area contributed by atoms with E-state index in [2.05, 4.69) is 53.1 Å². The monoisotopic (exact) mass is 391 g/mol. The van der Waals surface area contributed by atoms with Crippen molar-refractivity contribution >= 4 is 38.7 Å². The first-order valence-electron chi connectivity index (χ1n) is 9.82. The normalized spacial score (nSPS) is 12.4. The van der Waals surface area contributed by atoms with E-state index < -0.39 is 6.09 Å². The number of ether oxygens (including phenoxy) is 2. The van der Waals surface area contributed by atoms with Gasteiger partial charge in [0, 0.05) is 47.7 Å². The minimum atomic E-state index is -0.427. The van der Waals surface area contributed by atoms with Gasteiger partial charge in [-0.05, 0) is 62.1 Å². The van der Waals surface area contributed by atoms with E-state index in [1.165, 1.54) is 21.9 Å². The van der Waals surface area contributed by atoms with Crippen LogP contribution in [0.25, 0.3) is 32.6 Å². The number of aromatic nitrogens is 2. The van der Waals surface area contributed by atoms with Gasteiger partial charge in [-0.3, -0.25) is 4.98 Å². The van der Waals surface area contributed by atoms with Crippen molar-refractivity contribution in [1.82, 2.24) is 14.9 Å². The van der Waals surface area contributed by atoms with Gasteiger partial charge >= 0.3 is 6.09 Å². The van der Waals surface area contributed by atoms with Crippen LogP contribution in [0.4, 0.5) is 4.79 Å². The number of hydrogen-bond donors (Lipinski definition) is 1. The van der Waals surface area contributed by atoms with E-state index in [1.807, 2.05) is 32.3 Å². The van der Waals surface area contributed by atoms with Crippen molar-refractivity contribution in [1.29, 1.82) is 0 Å². The van der Waals surface area contributed by atoms with E-state index in [0.29, 0.717) is 13.2 Å². The summed E-state index contributed by atoms with van der Waals surface area (Å²) in [6, 6.07) is 10.3. The summed E-state index contributed by atoms with van der Waals surface area (Å²) >= 11 is 0. The van der Waals surface area contributed by atoms with Crippen LogP contribution in [0.1, 0.15) is 19.4 Å². The number of amides is 1. The van der Waals surface area contributed by atoms with Crippen molar-refractivity contribution in [3.05, 3.63) is 48.3 Å². The highest BCUT2D eigenvalue weighted by Gasteiger charge is 2.15. The Bertz CT molecular complexity index is 1210. The Morgan fingerprint density at radius 1 is 1.21 bits per heavy atom. The van der Waals surface area contributed by atoms with E-state index in [1.54, 1.807) is 0 Å². The van der Waals surface area contributed by atoms with Crippen LogP contribution in [0.5, 0.6) is 5.75 Å². The zero-order valence-electron chi connectivity index (χ0n) is 17.2. The topological polar surface area (TPSA) is 65.4 Å². The number of aryl methyl sites for hydroxylation is 2. The molecule has 0 bridgehead atoms. The molecule has 0 fully saturated rings. The maximum atomic E-state index is 11.5. The van der Waals surface area contributed by atoms with Crippen LogP contribution in [0, 0.1) is 6.92 Å². The number of rotatable bonds is 5. The molecule has 1 atom stereocenters. The molecule has 0 saturated heterocycles. The van der Waals surface area contributed by atoms with Crippen LogP contribution < -0.4 is 10.1 Å². The smallest absolute Gasteiger partial charge is 0.407 e. The molecule has 6 nitrogen and oxygen atoms in total. The molecule has 6 heteroatoms. The van der Waals surface area contributed by atoms with Crippen molar-refractivity contribution in [3.63, 3.8) is 0 Å². The average Bonchev–Trinajstić information content (AvgIpc) is 2.99. The summed E-state index contributed by atoms with van der Waals surface area (Å²) in [6.07, 6.45) is 2.97. The summed E-state index contributed by atoms with van der Waals surface area (Å²) < 4.78 is 13.4. The van der Waals surface area contributed by atoms with Gasteiger partial charge in [-0.15, -0.1) is 0 Å². The predicted molar refractivity (Wildman–Crippen MR) is 116 cm³/mol. The molecule has 150 valence electrons. The largest absolute Gasteiger partial charge is 0.490 e. The highest BCUT2D eigenvalue weighted by atomic mass is 16.6. The minimum Gasteiger partial charge on any atom is -0.490 e. The van der Waals surface area contributed by atoms with Gasteiger partial charge in [0.25, 0.3) is 0 Å². The van der Waals surface area contributed by atoms with Gasteiger partial charge in [0.15, 0.2) is 0 Å². The van der Waals surface area contributed by atoms with Gasteiger partial charge in [-0.2, -0.15) is 0 Å². The van der Waals surface area contributed by atoms with Crippen LogP contribution in [0.15, 0.2) is 42.7 Å². The average molecular weight is 391 g/mol. The van der Waals surface area contributed by atoms with Crippen LogP contribution in [-0.4, -0.2) is 34.9 Å². The number of hydrogen-bond acceptors (Lipinski definition) is 4. The first-order chi connectivity index (χ1) is 14.0. The molecule has 0 aliphatic carbocycles. The van der Waals surface area contributed by atoms with Crippen LogP contribution in [0.2, 0.25) is 0 Å². The van der Waals surface area contributed by atoms with E-state index in [0.717, 1.165) is 22.0 Å². The van der Waals surface area contributed by atoms with Crippen LogP contribution >= 0.6 is 0 Å². The van der Waals surface area contributed by atoms with Crippen molar-refractivity contribution < 1.29 is 14.3 Å². The standard InChI is InChI=1S/C23H25N3O3/c1-5-25-23(27)29-14(2)13-28-17-6-7-21-19(11-17)20-10-16-12-24-9-8-18(16)15(3)22(20)26(21)4/h6-12,14H,5,13H2,1-4H3,(H,25,27)/t14-/m0/s1. The van der Waals surface area contributed by atoms with Gasteiger partial charge in [-0.25, -0.2) is 4.79 Å². The van der Waals surface area contributed by atoms with E-state index in [-0.39, 0.29) is 6.10 Å². The van der Waals surface area contributed by atoms with Gasteiger partial charge in [0.2, 0.25) is 0 Å². The fraction of sp³-hybridized carbons (Fsp3) is 0.304. The molecule has 0 radical (unpaired) electrons. The lowest BCUT2D eigenvalue weighted by atomic mass is 10.0. The molecule has 0 aliphatic heterocycles. The summed E-state index contributed by atoms with van der Waals surface area (Å²) in [5, 5.41) is 7.27. The molecular formula is C23H25N3O3. The molecule has 0 aliphatic rings. The first kappa shape index (κ1) is 19.1. The highest BCUT2D eigenvalue weighted by Crippen LogP contribution is 2.36. The summed E-state index contributed by atoms with van der Waals surface area (Å²) in [5.74, 6) is 0.750. The molecule has 1 amide bonds. The minimum absolute atomic E-state index is 0.291. The number of alkyl carbamates (subject to hydrolysis) is 1. The van der Waals surface area contributed by atoms with Crippen molar-refractivity contribution in [3.8, 4) is 5.75 Å². The lowest BCUT2D eigenvalue weighted by molar-refractivity contribution is 0.0758. The molecule has 1 N–H and O–H groups in total. The van der Waals surface area contributed by atoms with Gasteiger partial charge < -0.3 is 19.4 Å². The maximum Gasteiger partial charge on any atom is 0.407 e. The van der Waals surface area contributed by atoms with Crippen molar-refractivity contribution in [2.45, 2.75) is 26.9 Å². The number of nitrogens with one attached hydrogen (secondary N) is 1. The maximum absolute atomic E-state index is 11.5. The third kappa shape index (κ3) is 3.46. The van der Waals surface area contributed by atoms with Crippen LogP contribution in [-0.2, 0) is 11.8 Å². The van der Waals surface area contributed by atoms with Crippen LogP contribution in [0.3, 0.4) is 0 Å². The molecule has 4 aromatic rings. The van der Waals surface area contributed by atoms with Gasteiger partial charge in [0.05, 0.1) is 5.52 Å². The fourth-order valence-corrected chi connectivity index (χ4v) is 3.90. The van der Waals surface area contributed by atoms with E-state index >= 15 is 0 Å². The molecule has 2 heterocycles. The second kappa shape index (κ2) is 7.62. The third-order valence-electron chi connectivity index (χ3n) is 5.24. The summed E-state index contributed by atoms with van der Waals surface area (Å²) in [6.45, 7) is 6.64. The number of nitrogens with zero attached hydrogens (tertiary/aromatic N) is 2. The van der Waals surface area contributed by atoms with Gasteiger partial charge in [0.1, 0.15) is 18.5 Å². The lowest BCUT2D eigenvalue weighted by Gasteiger charge is -2.14. The molecule has 0 spiro atoms. The SMILES string of the molecule is CCNC(=O)O[C@@H](C)COc1ccc2c(c1)c1cc3cnccc3c(C)c1n2C. The lowest BCUT2D eigenvalue weighted by Crippen LogP contribution is -2.30. The Balaban J connectivity index is 1.68. The number of benzene rings is 2. The fourth-order valence-electron chi connectivity index (χ4n) is 3.90. The number of carbonyl (C=O) groups excluding carboxylic acids is 1. The molecule has 0 unspecified atom stereocenters. The zero-order chi connectivity index (χ0) is 20.5. The van der Waals surface area contributed by atoms with Gasteiger partial charge in [-0.1, -0.05) is 0 Å². The number of pyridine rings is 1. The Morgan fingerprint density at radius 3 is 2.83 bits per heavy atom. The third-order valence-corrected chi connectivity index (χ3v) is 5.24. The summed E-state index contributed by atoms with van der Waals surface area (Å²) in [4.78, 5) is 15.8. The number of fused-ring (bicyclic) bond motifs is 4. The summed E-state index contributed by atoms with van der Waals surface area (Å²) in [5.41, 5.74) is 3.60. The molecule has 2 aromatic carbocycles. The Kier molecular flexibility index (Phi) is 5.01. The number of carbonyl (C=O) groups is 1. The highest BCUT2D eigenvalue weighted by molar-refractivity contribution is 6.14. The predicted octanol–water partition coefficient (Wildman–Crippen LogP) is 4.70. The first-order valence-corrected chi connectivity index (χ1v) is 9.82. The van der Waals surface area contributed by atoms with E-state index in [4.69, 9.17) is 9.47 Å². The van der Waals surface area contributed by atoms with Crippen molar-refractivity contribution in [2.24, 2.45) is 7.05 Å². The Labute approximate surface area is 169 Å². The van der Waals surface area contributed by atoms with E-state index in [9.17, 15) is 4.79 Å². The Hall–Kier alpha value is -3.28. The molecule has 29 heavy (non-hydrogen) atoms.